The fraction of sp³-hybridized carbons (Fsp3) is 0.588. The number of hydrogen-bond acceptors (Lipinski definition) is 3. The molecule has 1 rings (SSSR count). The Morgan fingerprint density at radius 2 is 1.76 bits per heavy atom. The van der Waals surface area contributed by atoms with Crippen LogP contribution in [0.5, 0.6) is 0 Å². The molecule has 0 atom stereocenters. The Morgan fingerprint density at radius 3 is 2.19 bits per heavy atom. The number of aliphatic hydroxyl groups is 1. The van der Waals surface area contributed by atoms with E-state index in [4.69, 9.17) is 0 Å². The number of aliphatic hydroxyl groups excluding tert-OH is 1. The SMILES string of the molecule is CCC(CC)(CO)NC(=O)CCc1ccc(N(C)C)cc1. The maximum absolute atomic E-state index is 12.1. The zero-order chi connectivity index (χ0) is 15.9. The van der Waals surface area contributed by atoms with E-state index in [0.717, 1.165) is 24.1 Å². The van der Waals surface area contributed by atoms with Crippen molar-refractivity contribution >= 4 is 11.6 Å². The fourth-order valence-corrected chi connectivity index (χ4v) is 2.27. The van der Waals surface area contributed by atoms with Crippen molar-refractivity contribution in [2.24, 2.45) is 0 Å². The molecule has 0 aliphatic heterocycles. The average Bonchev–Trinajstić information content (AvgIpc) is 2.51. The molecule has 4 heteroatoms. The van der Waals surface area contributed by atoms with E-state index in [-0.39, 0.29) is 12.5 Å². The lowest BCUT2D eigenvalue weighted by Crippen LogP contribution is -2.50. The van der Waals surface area contributed by atoms with E-state index in [1.54, 1.807) is 0 Å². The molecule has 0 aliphatic carbocycles. The molecule has 0 heterocycles. The third-order valence-electron chi connectivity index (χ3n) is 4.15. The van der Waals surface area contributed by atoms with Crippen LogP contribution in [-0.2, 0) is 11.2 Å². The number of nitrogens with zero attached hydrogens (tertiary/aromatic N) is 1. The van der Waals surface area contributed by atoms with Crippen molar-refractivity contribution in [3.05, 3.63) is 29.8 Å². The van der Waals surface area contributed by atoms with Gasteiger partial charge in [-0.25, -0.2) is 0 Å². The summed E-state index contributed by atoms with van der Waals surface area (Å²) in [6, 6.07) is 8.23. The van der Waals surface area contributed by atoms with E-state index in [1.165, 1.54) is 0 Å². The van der Waals surface area contributed by atoms with Crippen molar-refractivity contribution in [2.75, 3.05) is 25.6 Å². The molecule has 0 bridgehead atoms. The van der Waals surface area contributed by atoms with Gasteiger partial charge >= 0.3 is 0 Å². The van der Waals surface area contributed by atoms with Gasteiger partial charge in [0.1, 0.15) is 0 Å². The Kier molecular flexibility index (Phi) is 6.69. The van der Waals surface area contributed by atoms with Crippen molar-refractivity contribution < 1.29 is 9.90 Å². The second kappa shape index (κ2) is 8.03. The van der Waals surface area contributed by atoms with Crippen LogP contribution < -0.4 is 10.2 Å². The highest BCUT2D eigenvalue weighted by Crippen LogP contribution is 2.16. The van der Waals surface area contributed by atoms with Crippen molar-refractivity contribution in [1.29, 1.82) is 0 Å². The predicted molar refractivity (Wildman–Crippen MR) is 87.6 cm³/mol. The van der Waals surface area contributed by atoms with Crippen LogP contribution in [0.15, 0.2) is 24.3 Å². The summed E-state index contributed by atoms with van der Waals surface area (Å²) in [7, 11) is 4.01. The number of benzene rings is 1. The van der Waals surface area contributed by atoms with Crippen LogP contribution in [0, 0.1) is 0 Å². The average molecular weight is 292 g/mol. The first kappa shape index (κ1) is 17.5. The number of carbonyl (C=O) groups is 1. The van der Waals surface area contributed by atoms with Crippen LogP contribution in [0.3, 0.4) is 0 Å². The van der Waals surface area contributed by atoms with Gasteiger partial charge in [0.2, 0.25) is 5.91 Å². The lowest BCUT2D eigenvalue weighted by molar-refractivity contribution is -0.123. The number of amides is 1. The summed E-state index contributed by atoms with van der Waals surface area (Å²) in [5.41, 5.74) is 1.84. The van der Waals surface area contributed by atoms with Gasteiger partial charge in [0.15, 0.2) is 0 Å². The Balaban J connectivity index is 2.53. The predicted octanol–water partition coefficient (Wildman–Crippen LogP) is 2.35. The monoisotopic (exact) mass is 292 g/mol. The first-order chi connectivity index (χ1) is 9.96. The van der Waals surface area contributed by atoms with E-state index in [1.807, 2.05) is 27.9 Å². The van der Waals surface area contributed by atoms with E-state index in [2.05, 4.69) is 34.5 Å². The molecule has 0 spiro atoms. The van der Waals surface area contributed by atoms with E-state index in [0.29, 0.717) is 12.8 Å². The Hall–Kier alpha value is -1.55. The van der Waals surface area contributed by atoms with Crippen LogP contribution in [0.4, 0.5) is 5.69 Å². The van der Waals surface area contributed by atoms with Gasteiger partial charge in [0, 0.05) is 26.2 Å². The van der Waals surface area contributed by atoms with Gasteiger partial charge in [-0.2, -0.15) is 0 Å². The standard InChI is InChI=1S/C17H28N2O2/c1-5-17(6-2,13-20)18-16(21)12-9-14-7-10-15(11-8-14)19(3)4/h7-8,10-11,20H,5-6,9,12-13H2,1-4H3,(H,18,21). The maximum Gasteiger partial charge on any atom is 0.220 e. The van der Waals surface area contributed by atoms with Crippen LogP contribution in [0.2, 0.25) is 0 Å². The second-order valence-corrected chi connectivity index (χ2v) is 5.75. The molecule has 1 amide bonds. The van der Waals surface area contributed by atoms with Crippen LogP contribution in [0.1, 0.15) is 38.7 Å². The molecular formula is C17H28N2O2. The van der Waals surface area contributed by atoms with Gasteiger partial charge in [0.25, 0.3) is 0 Å². The molecule has 2 N–H and O–H groups in total. The van der Waals surface area contributed by atoms with Gasteiger partial charge in [-0.3, -0.25) is 4.79 Å². The van der Waals surface area contributed by atoms with Crippen molar-refractivity contribution in [3.8, 4) is 0 Å². The summed E-state index contributed by atoms with van der Waals surface area (Å²) in [6.45, 7) is 3.96. The number of anilines is 1. The quantitative estimate of drug-likeness (QED) is 0.773. The number of aryl methyl sites for hydroxylation is 1. The van der Waals surface area contributed by atoms with Crippen LogP contribution in [0.25, 0.3) is 0 Å². The van der Waals surface area contributed by atoms with Crippen molar-refractivity contribution in [3.63, 3.8) is 0 Å². The van der Waals surface area contributed by atoms with Gasteiger partial charge in [-0.15, -0.1) is 0 Å². The molecule has 0 aromatic heterocycles. The summed E-state index contributed by atoms with van der Waals surface area (Å²) < 4.78 is 0. The highest BCUT2D eigenvalue weighted by atomic mass is 16.3. The minimum Gasteiger partial charge on any atom is -0.394 e. The summed E-state index contributed by atoms with van der Waals surface area (Å²) in [5.74, 6) is 0.00411. The molecule has 118 valence electrons. The molecule has 0 saturated carbocycles. The molecular weight excluding hydrogens is 264 g/mol. The van der Waals surface area contributed by atoms with Gasteiger partial charge in [-0.05, 0) is 37.0 Å². The molecule has 1 aromatic rings. The lowest BCUT2D eigenvalue weighted by Gasteiger charge is -2.30. The highest BCUT2D eigenvalue weighted by molar-refractivity contribution is 5.77. The summed E-state index contributed by atoms with van der Waals surface area (Å²) in [5, 5.41) is 12.5. The van der Waals surface area contributed by atoms with Crippen molar-refractivity contribution in [1.82, 2.24) is 5.32 Å². The third-order valence-corrected chi connectivity index (χ3v) is 4.15. The van der Waals surface area contributed by atoms with Gasteiger partial charge in [0.05, 0.1) is 12.1 Å². The molecule has 4 nitrogen and oxygen atoms in total. The minimum absolute atomic E-state index is 0.00411. The summed E-state index contributed by atoms with van der Waals surface area (Å²) >= 11 is 0. The molecule has 0 unspecified atom stereocenters. The molecule has 0 aliphatic rings. The molecule has 0 saturated heterocycles. The van der Waals surface area contributed by atoms with Crippen LogP contribution >= 0.6 is 0 Å². The second-order valence-electron chi connectivity index (χ2n) is 5.75. The van der Waals surface area contributed by atoms with Gasteiger partial charge in [-0.1, -0.05) is 26.0 Å². The maximum atomic E-state index is 12.1. The largest absolute Gasteiger partial charge is 0.394 e. The fourth-order valence-electron chi connectivity index (χ4n) is 2.27. The third kappa shape index (κ3) is 5.05. The van der Waals surface area contributed by atoms with Crippen LogP contribution in [-0.4, -0.2) is 37.3 Å². The lowest BCUT2D eigenvalue weighted by atomic mass is 9.93. The number of rotatable bonds is 8. The molecule has 1 aromatic carbocycles. The Morgan fingerprint density at radius 1 is 1.19 bits per heavy atom. The van der Waals surface area contributed by atoms with Crippen molar-refractivity contribution in [2.45, 2.75) is 45.1 Å². The topological polar surface area (TPSA) is 52.6 Å². The number of hydrogen-bond donors (Lipinski definition) is 2. The van der Waals surface area contributed by atoms with E-state index < -0.39 is 5.54 Å². The first-order valence-electron chi connectivity index (χ1n) is 7.64. The zero-order valence-electron chi connectivity index (χ0n) is 13.6. The number of carbonyl (C=O) groups excluding carboxylic acids is 1. The number of nitrogens with one attached hydrogen (secondary N) is 1. The van der Waals surface area contributed by atoms with E-state index >= 15 is 0 Å². The Labute approximate surface area is 128 Å². The highest BCUT2D eigenvalue weighted by Gasteiger charge is 2.26. The van der Waals surface area contributed by atoms with Gasteiger partial charge < -0.3 is 15.3 Å². The first-order valence-corrected chi connectivity index (χ1v) is 7.64. The normalized spacial score (nSPS) is 11.3. The Bertz CT molecular complexity index is 428. The molecule has 21 heavy (non-hydrogen) atoms. The summed E-state index contributed by atoms with van der Waals surface area (Å²) in [4.78, 5) is 14.1. The smallest absolute Gasteiger partial charge is 0.220 e. The molecule has 0 fully saturated rings. The zero-order valence-corrected chi connectivity index (χ0v) is 13.6. The van der Waals surface area contributed by atoms with E-state index in [9.17, 15) is 9.90 Å². The molecule has 0 radical (unpaired) electrons. The summed E-state index contributed by atoms with van der Waals surface area (Å²) in [6.07, 6.45) is 2.64. The minimum atomic E-state index is -0.466.